The second-order valence-electron chi connectivity index (χ2n) is 7.22. The molecule has 0 radical (unpaired) electrons. The molecule has 2 saturated heterocycles. The summed E-state index contributed by atoms with van der Waals surface area (Å²) in [5.74, 6) is 0.468. The van der Waals surface area contributed by atoms with Crippen molar-refractivity contribution in [3.05, 3.63) is 24.3 Å². The Balaban J connectivity index is 1.73. The van der Waals surface area contributed by atoms with Crippen LogP contribution in [0.3, 0.4) is 0 Å². The first-order valence-corrected chi connectivity index (χ1v) is 9.88. The minimum absolute atomic E-state index is 0.118. The average Bonchev–Trinajstić information content (AvgIpc) is 2.74. The first-order chi connectivity index (χ1) is 14.2. The maximum Gasteiger partial charge on any atom is 0.187 e. The topological polar surface area (TPSA) is 184 Å². The molecule has 1 aromatic rings. The van der Waals surface area contributed by atoms with Crippen LogP contribution >= 0.6 is 12.6 Å². The van der Waals surface area contributed by atoms with E-state index in [2.05, 4.69) is 12.6 Å². The van der Waals surface area contributed by atoms with Gasteiger partial charge in [-0.3, -0.25) is 0 Å². The molecule has 0 aliphatic carbocycles. The van der Waals surface area contributed by atoms with Crippen LogP contribution in [0.15, 0.2) is 24.3 Å². The highest BCUT2D eigenvalue weighted by Gasteiger charge is 2.50. The number of benzene rings is 1. The molecule has 0 aromatic heterocycles. The fourth-order valence-electron chi connectivity index (χ4n) is 3.30. The van der Waals surface area contributed by atoms with Crippen molar-refractivity contribution in [1.82, 2.24) is 0 Å². The Labute approximate surface area is 178 Å². The maximum atomic E-state index is 10.5. The summed E-state index contributed by atoms with van der Waals surface area (Å²) in [5.41, 5.74) is 5.15. The Bertz CT molecular complexity index is 679. The molecule has 2 fully saturated rings. The Morgan fingerprint density at radius 2 is 1.53 bits per heavy atom. The van der Waals surface area contributed by atoms with E-state index in [1.165, 1.54) is 0 Å². The largest absolute Gasteiger partial charge is 0.491 e. The van der Waals surface area contributed by atoms with Gasteiger partial charge in [-0.2, -0.15) is 0 Å². The summed E-state index contributed by atoms with van der Waals surface area (Å²) >= 11 is 4.10. The van der Waals surface area contributed by atoms with Crippen molar-refractivity contribution in [2.24, 2.45) is 0 Å². The van der Waals surface area contributed by atoms with Gasteiger partial charge in [0.25, 0.3) is 0 Å². The molecule has 2 aliphatic rings. The number of ether oxygens (including phenoxy) is 4. The van der Waals surface area contributed by atoms with E-state index in [4.69, 9.17) is 24.7 Å². The van der Waals surface area contributed by atoms with Crippen molar-refractivity contribution in [2.45, 2.75) is 60.6 Å². The van der Waals surface area contributed by atoms with Crippen LogP contribution in [0, 0.1) is 0 Å². The molecule has 2 aliphatic heterocycles. The molecule has 3 rings (SSSR count). The third kappa shape index (κ3) is 4.99. The molecule has 0 unspecified atom stereocenters. The molecule has 0 bridgehead atoms. The molecule has 0 amide bonds. The monoisotopic (exact) mass is 449 g/mol. The van der Waals surface area contributed by atoms with E-state index < -0.39 is 67.2 Å². The lowest BCUT2D eigenvalue weighted by Crippen LogP contribution is -2.64. The molecule has 12 heteroatoms. The second-order valence-corrected chi connectivity index (χ2v) is 7.73. The number of thiol groups is 1. The molecule has 0 spiro atoms. The van der Waals surface area contributed by atoms with E-state index >= 15 is 0 Å². The van der Waals surface area contributed by atoms with Gasteiger partial charge in [0.1, 0.15) is 66.6 Å². The highest BCUT2D eigenvalue weighted by molar-refractivity contribution is 7.80. The fraction of sp³-hybridized carbons (Fsp3) is 0.667. The van der Waals surface area contributed by atoms with Crippen molar-refractivity contribution in [1.29, 1.82) is 0 Å². The predicted octanol–water partition coefficient (Wildman–Crippen LogP) is -2.79. The fourth-order valence-corrected chi connectivity index (χ4v) is 3.63. The Kier molecular flexibility index (Phi) is 7.79. The third-order valence-corrected chi connectivity index (χ3v) is 5.52. The van der Waals surface area contributed by atoms with Crippen LogP contribution < -0.4 is 10.5 Å². The molecular formula is C18H27NO10S. The molecule has 0 saturated carbocycles. The Morgan fingerprint density at radius 1 is 0.867 bits per heavy atom. The van der Waals surface area contributed by atoms with Gasteiger partial charge in [-0.15, -0.1) is 12.6 Å². The summed E-state index contributed by atoms with van der Waals surface area (Å²) in [7, 11) is 0. The first kappa shape index (κ1) is 23.5. The number of rotatable bonds is 6. The summed E-state index contributed by atoms with van der Waals surface area (Å²) in [6, 6.07) is 6.54. The van der Waals surface area contributed by atoms with Gasteiger partial charge in [0.05, 0.1) is 6.61 Å². The lowest BCUT2D eigenvalue weighted by Gasteiger charge is -2.45. The quantitative estimate of drug-likeness (QED) is 0.166. The highest BCUT2D eigenvalue weighted by Crippen LogP contribution is 2.30. The van der Waals surface area contributed by atoms with E-state index in [0.717, 1.165) is 0 Å². The minimum atomic E-state index is -1.68. The predicted molar refractivity (Wildman–Crippen MR) is 105 cm³/mol. The summed E-state index contributed by atoms with van der Waals surface area (Å²) in [6.07, 6.45) is -12.7. The average molecular weight is 449 g/mol. The van der Waals surface area contributed by atoms with Gasteiger partial charge < -0.3 is 55.3 Å². The van der Waals surface area contributed by atoms with Crippen LogP contribution in [0.25, 0.3) is 0 Å². The summed E-state index contributed by atoms with van der Waals surface area (Å²) in [5, 5.41) is 59.9. The van der Waals surface area contributed by atoms with Crippen molar-refractivity contribution in [3.8, 4) is 5.75 Å². The molecule has 30 heavy (non-hydrogen) atoms. The van der Waals surface area contributed by atoms with E-state index in [-0.39, 0.29) is 6.61 Å². The van der Waals surface area contributed by atoms with Gasteiger partial charge in [0.15, 0.2) is 6.29 Å². The molecule has 2 heterocycles. The van der Waals surface area contributed by atoms with Crippen LogP contribution in [0.4, 0.5) is 5.69 Å². The van der Waals surface area contributed by atoms with Crippen LogP contribution in [-0.4, -0.2) is 104 Å². The normalized spacial score (nSPS) is 42.1. The van der Waals surface area contributed by atoms with Gasteiger partial charge >= 0.3 is 0 Å². The van der Waals surface area contributed by atoms with Crippen molar-refractivity contribution in [3.63, 3.8) is 0 Å². The maximum absolute atomic E-state index is 10.5. The number of nitrogen functional groups attached to an aromatic ring is 1. The molecule has 170 valence electrons. The number of hydrogen-bond acceptors (Lipinski definition) is 12. The van der Waals surface area contributed by atoms with Crippen LogP contribution in [0.5, 0.6) is 5.75 Å². The van der Waals surface area contributed by atoms with E-state index in [0.29, 0.717) is 11.4 Å². The van der Waals surface area contributed by atoms with E-state index in [9.17, 15) is 30.6 Å². The molecule has 1 aromatic carbocycles. The molecule has 8 N–H and O–H groups in total. The number of hydrogen-bond donors (Lipinski definition) is 8. The third-order valence-electron chi connectivity index (χ3n) is 5.09. The zero-order valence-electron chi connectivity index (χ0n) is 15.8. The Hall–Kier alpha value is -1.19. The summed E-state index contributed by atoms with van der Waals surface area (Å²) in [6.45, 7) is -0.758. The van der Waals surface area contributed by atoms with Gasteiger partial charge in [-0.25, -0.2) is 0 Å². The lowest BCUT2D eigenvalue weighted by molar-refractivity contribution is -0.337. The molecular weight excluding hydrogens is 422 g/mol. The Morgan fingerprint density at radius 3 is 2.17 bits per heavy atom. The minimum Gasteiger partial charge on any atom is -0.491 e. The van der Waals surface area contributed by atoms with Crippen LogP contribution in [-0.2, 0) is 14.2 Å². The lowest BCUT2D eigenvalue weighted by atomic mass is 9.97. The van der Waals surface area contributed by atoms with Gasteiger partial charge in [0, 0.05) is 5.69 Å². The number of aliphatic hydroxyl groups is 6. The van der Waals surface area contributed by atoms with Gasteiger partial charge in [0.2, 0.25) is 0 Å². The number of nitrogens with two attached hydrogens (primary N) is 1. The van der Waals surface area contributed by atoms with Crippen molar-refractivity contribution >= 4 is 18.3 Å². The number of aliphatic hydroxyl groups excluding tert-OH is 6. The summed E-state index contributed by atoms with van der Waals surface area (Å²) in [4.78, 5) is 0. The van der Waals surface area contributed by atoms with Crippen molar-refractivity contribution in [2.75, 3.05) is 18.9 Å². The van der Waals surface area contributed by atoms with Crippen LogP contribution in [0.2, 0.25) is 0 Å². The highest BCUT2D eigenvalue weighted by atomic mass is 32.1. The van der Waals surface area contributed by atoms with E-state index in [1.54, 1.807) is 24.3 Å². The smallest absolute Gasteiger partial charge is 0.187 e. The first-order valence-electron chi connectivity index (χ1n) is 9.37. The zero-order chi connectivity index (χ0) is 22.0. The van der Waals surface area contributed by atoms with Gasteiger partial charge in [-0.1, -0.05) is 0 Å². The SMILES string of the molecule is Nc1ccc(OC[C@H]2O[C@@H](S)[C@H](O)[C@@H](O)[C@@H]2O[C@@H]2O[C@H](CO)[C@@H](O)[C@H](O)[C@H]2O)cc1. The standard InChI is InChI=1S/C18H27NO10S/c19-7-1-3-8(4-2-7)26-6-10-16(13(23)15(25)18(30)28-10)29-17-14(24)12(22)11(21)9(5-20)27-17/h1-4,9-18,20-25,30H,5-6,19H2/t9-,10-,11-,12+,13-,14-,15-,16-,17+,18+/m1/s1. The van der Waals surface area contributed by atoms with Gasteiger partial charge in [-0.05, 0) is 24.3 Å². The second kappa shape index (κ2) is 9.96. The molecule has 11 nitrogen and oxygen atoms in total. The zero-order valence-corrected chi connectivity index (χ0v) is 16.7. The molecule has 10 atom stereocenters. The van der Waals surface area contributed by atoms with Crippen molar-refractivity contribution < 1.29 is 49.6 Å². The van der Waals surface area contributed by atoms with Crippen LogP contribution in [0.1, 0.15) is 0 Å². The van der Waals surface area contributed by atoms with E-state index in [1.807, 2.05) is 0 Å². The summed E-state index contributed by atoms with van der Waals surface area (Å²) < 4.78 is 22.2. The number of anilines is 1.